The minimum atomic E-state index is -4.08. The summed E-state index contributed by atoms with van der Waals surface area (Å²) in [6, 6.07) is 20.8. The van der Waals surface area contributed by atoms with Crippen LogP contribution in [0.5, 0.6) is 0 Å². The van der Waals surface area contributed by atoms with Crippen molar-refractivity contribution in [2.24, 2.45) is 0 Å². The maximum Gasteiger partial charge on any atom is 0.264 e. The zero-order valence-corrected chi connectivity index (χ0v) is 25.3. The second-order valence-corrected chi connectivity index (χ2v) is 13.0. The molecule has 7 nitrogen and oxygen atoms in total. The van der Waals surface area contributed by atoms with Gasteiger partial charge in [-0.05, 0) is 69.9 Å². The summed E-state index contributed by atoms with van der Waals surface area (Å²) in [5.74, 6) is -0.668. The second-order valence-electron chi connectivity index (χ2n) is 11.1. The van der Waals surface area contributed by atoms with E-state index in [0.29, 0.717) is 5.69 Å². The van der Waals surface area contributed by atoms with Gasteiger partial charge in [0, 0.05) is 12.6 Å². The third kappa shape index (κ3) is 7.55. The van der Waals surface area contributed by atoms with E-state index >= 15 is 0 Å². The Labute approximate surface area is 244 Å². The molecule has 0 bridgehead atoms. The predicted octanol–water partition coefficient (Wildman–Crippen LogP) is 5.67. The van der Waals surface area contributed by atoms with Crippen molar-refractivity contribution in [1.82, 2.24) is 10.2 Å². The van der Waals surface area contributed by atoms with E-state index in [0.717, 1.165) is 47.9 Å². The SMILES string of the molecule is Cc1ccc(S(=O)(=O)N(CC(=O)N(Cc2cccc(C)c2)C(C)C(=O)NC2CCCCC2)c2ccccc2C)cc1. The van der Waals surface area contributed by atoms with Gasteiger partial charge in [-0.15, -0.1) is 0 Å². The van der Waals surface area contributed by atoms with Gasteiger partial charge in [-0.3, -0.25) is 13.9 Å². The highest BCUT2D eigenvalue weighted by atomic mass is 32.2. The van der Waals surface area contributed by atoms with Crippen LogP contribution in [0.3, 0.4) is 0 Å². The minimum Gasteiger partial charge on any atom is -0.352 e. The molecule has 1 fully saturated rings. The molecule has 2 amide bonds. The summed E-state index contributed by atoms with van der Waals surface area (Å²) < 4.78 is 29.2. The Bertz CT molecular complexity index is 1460. The molecule has 4 rings (SSSR count). The van der Waals surface area contributed by atoms with Crippen LogP contribution in [0.25, 0.3) is 0 Å². The molecule has 41 heavy (non-hydrogen) atoms. The Hall–Kier alpha value is -3.65. The van der Waals surface area contributed by atoms with E-state index in [4.69, 9.17) is 0 Å². The number of nitrogens with one attached hydrogen (secondary N) is 1. The standard InChI is InChI=1S/C33H41N3O4S/c1-24-17-19-30(20-18-24)41(39,40)36(31-16-9-8-12-26(31)3)23-32(37)35(22-28-13-10-11-25(2)21-28)27(4)33(38)34-29-14-6-5-7-15-29/h8-13,16-21,27,29H,5-7,14-15,22-23H2,1-4H3,(H,34,38). The average Bonchev–Trinajstić information content (AvgIpc) is 2.95. The summed E-state index contributed by atoms with van der Waals surface area (Å²) in [7, 11) is -4.08. The molecule has 3 aromatic carbocycles. The lowest BCUT2D eigenvalue weighted by Crippen LogP contribution is -2.53. The fourth-order valence-corrected chi connectivity index (χ4v) is 6.83. The predicted molar refractivity (Wildman–Crippen MR) is 163 cm³/mol. The van der Waals surface area contributed by atoms with Crippen molar-refractivity contribution < 1.29 is 18.0 Å². The Kier molecular flexibility index (Phi) is 9.86. The van der Waals surface area contributed by atoms with Crippen LogP contribution >= 0.6 is 0 Å². The molecule has 8 heteroatoms. The van der Waals surface area contributed by atoms with E-state index in [1.54, 1.807) is 43.3 Å². The molecule has 1 N–H and O–H groups in total. The van der Waals surface area contributed by atoms with Gasteiger partial charge in [-0.25, -0.2) is 8.42 Å². The van der Waals surface area contributed by atoms with Crippen molar-refractivity contribution in [3.8, 4) is 0 Å². The molecule has 1 aliphatic rings. The number of rotatable bonds is 10. The van der Waals surface area contributed by atoms with Crippen LogP contribution in [-0.4, -0.2) is 43.8 Å². The van der Waals surface area contributed by atoms with Gasteiger partial charge in [0.1, 0.15) is 12.6 Å². The summed E-state index contributed by atoms with van der Waals surface area (Å²) in [5.41, 5.74) is 4.00. The van der Waals surface area contributed by atoms with Crippen LogP contribution in [0.4, 0.5) is 5.69 Å². The molecule has 0 saturated heterocycles. The molecule has 3 aromatic rings. The van der Waals surface area contributed by atoms with Gasteiger partial charge in [-0.2, -0.15) is 0 Å². The van der Waals surface area contributed by atoms with E-state index in [-0.39, 0.29) is 23.4 Å². The van der Waals surface area contributed by atoms with E-state index in [1.165, 1.54) is 15.6 Å². The molecule has 0 aromatic heterocycles. The molecule has 0 heterocycles. The van der Waals surface area contributed by atoms with Crippen molar-refractivity contribution in [2.45, 2.75) is 83.3 Å². The van der Waals surface area contributed by atoms with E-state index < -0.39 is 28.5 Å². The fraction of sp³-hybridized carbons (Fsp3) is 0.394. The third-order valence-corrected chi connectivity index (χ3v) is 9.60. The van der Waals surface area contributed by atoms with Crippen molar-refractivity contribution >= 4 is 27.5 Å². The molecular formula is C33H41N3O4S. The fourth-order valence-electron chi connectivity index (χ4n) is 5.35. The highest BCUT2D eigenvalue weighted by Crippen LogP contribution is 2.28. The molecular weight excluding hydrogens is 534 g/mol. The van der Waals surface area contributed by atoms with Crippen LogP contribution in [0.15, 0.2) is 77.7 Å². The highest BCUT2D eigenvalue weighted by Gasteiger charge is 2.33. The quantitative estimate of drug-likeness (QED) is 0.337. The number of anilines is 1. The molecule has 1 aliphatic carbocycles. The molecule has 1 atom stereocenters. The second kappa shape index (κ2) is 13.3. The Morgan fingerprint density at radius 2 is 1.56 bits per heavy atom. The van der Waals surface area contributed by atoms with Crippen LogP contribution < -0.4 is 9.62 Å². The monoisotopic (exact) mass is 575 g/mol. The molecule has 0 radical (unpaired) electrons. The Morgan fingerprint density at radius 3 is 2.22 bits per heavy atom. The van der Waals surface area contributed by atoms with E-state index in [1.807, 2.05) is 57.2 Å². The first-order chi connectivity index (χ1) is 19.6. The lowest BCUT2D eigenvalue weighted by atomic mass is 9.95. The van der Waals surface area contributed by atoms with Crippen molar-refractivity contribution in [3.05, 3.63) is 95.1 Å². The number of carbonyl (C=O) groups excluding carboxylic acids is 2. The number of aryl methyl sites for hydroxylation is 3. The molecule has 1 unspecified atom stereocenters. The lowest BCUT2D eigenvalue weighted by molar-refractivity contribution is -0.139. The summed E-state index contributed by atoms with van der Waals surface area (Å²) in [6.45, 7) is 7.16. The first-order valence-corrected chi connectivity index (χ1v) is 15.8. The maximum atomic E-state index is 14.1. The summed E-state index contributed by atoms with van der Waals surface area (Å²) >= 11 is 0. The minimum absolute atomic E-state index is 0.0972. The third-order valence-electron chi connectivity index (χ3n) is 7.83. The lowest BCUT2D eigenvalue weighted by Gasteiger charge is -2.33. The molecule has 218 valence electrons. The number of carbonyl (C=O) groups is 2. The maximum absolute atomic E-state index is 14.1. The number of nitrogens with zero attached hydrogens (tertiary/aromatic N) is 2. The summed E-state index contributed by atoms with van der Waals surface area (Å²) in [6.07, 6.45) is 5.19. The van der Waals surface area contributed by atoms with Gasteiger partial charge in [-0.1, -0.05) is 85.0 Å². The average molecular weight is 576 g/mol. The van der Waals surface area contributed by atoms with Crippen LogP contribution in [0, 0.1) is 20.8 Å². The van der Waals surface area contributed by atoms with E-state index in [9.17, 15) is 18.0 Å². The van der Waals surface area contributed by atoms with Gasteiger partial charge in [0.05, 0.1) is 10.6 Å². The van der Waals surface area contributed by atoms with Gasteiger partial charge >= 0.3 is 0 Å². The highest BCUT2D eigenvalue weighted by molar-refractivity contribution is 7.92. The Morgan fingerprint density at radius 1 is 0.878 bits per heavy atom. The largest absolute Gasteiger partial charge is 0.352 e. The number of hydrogen-bond donors (Lipinski definition) is 1. The topological polar surface area (TPSA) is 86.8 Å². The van der Waals surface area contributed by atoms with Crippen LogP contribution in [0.2, 0.25) is 0 Å². The van der Waals surface area contributed by atoms with Crippen molar-refractivity contribution in [3.63, 3.8) is 0 Å². The van der Waals surface area contributed by atoms with Gasteiger partial charge < -0.3 is 10.2 Å². The van der Waals surface area contributed by atoms with Crippen LogP contribution in [-0.2, 0) is 26.2 Å². The Balaban J connectivity index is 1.68. The number of amides is 2. The normalized spacial score (nSPS) is 14.7. The number of benzene rings is 3. The molecule has 1 saturated carbocycles. The summed E-state index contributed by atoms with van der Waals surface area (Å²) in [4.78, 5) is 29.2. The van der Waals surface area contributed by atoms with Gasteiger partial charge in [0.2, 0.25) is 11.8 Å². The number of sulfonamides is 1. The first kappa shape index (κ1) is 30.3. The molecule has 0 aliphatic heterocycles. The van der Waals surface area contributed by atoms with Gasteiger partial charge in [0.15, 0.2) is 0 Å². The van der Waals surface area contributed by atoms with Crippen LogP contribution in [0.1, 0.15) is 61.3 Å². The van der Waals surface area contributed by atoms with Crippen molar-refractivity contribution in [1.29, 1.82) is 0 Å². The number of para-hydroxylation sites is 1. The van der Waals surface area contributed by atoms with Gasteiger partial charge in [0.25, 0.3) is 10.0 Å². The van der Waals surface area contributed by atoms with E-state index in [2.05, 4.69) is 5.32 Å². The molecule has 0 spiro atoms. The zero-order chi connectivity index (χ0) is 29.6. The first-order valence-electron chi connectivity index (χ1n) is 14.4. The van der Waals surface area contributed by atoms with Crippen molar-refractivity contribution in [2.75, 3.05) is 10.8 Å². The summed E-state index contributed by atoms with van der Waals surface area (Å²) in [5, 5.41) is 3.14. The zero-order valence-electron chi connectivity index (χ0n) is 24.5. The number of hydrogen-bond acceptors (Lipinski definition) is 4. The smallest absolute Gasteiger partial charge is 0.264 e.